The molecule has 0 N–H and O–H groups in total. The van der Waals surface area contributed by atoms with E-state index in [1.807, 2.05) is 54.6 Å². The van der Waals surface area contributed by atoms with Crippen LogP contribution in [0.2, 0.25) is 0 Å². The lowest BCUT2D eigenvalue weighted by Gasteiger charge is -2.08. The van der Waals surface area contributed by atoms with Gasteiger partial charge in [-0.25, -0.2) is 4.79 Å². The van der Waals surface area contributed by atoms with E-state index in [1.165, 1.54) is 6.42 Å². The number of carbonyl (C=O) groups excluding carboxylic acids is 1. The molecular weight excluding hydrogens is 336 g/mol. The minimum atomic E-state index is -0.375. The summed E-state index contributed by atoms with van der Waals surface area (Å²) in [5, 5.41) is 0. The summed E-state index contributed by atoms with van der Waals surface area (Å²) in [5.74, 6) is 0.925. The van der Waals surface area contributed by atoms with E-state index in [0.717, 1.165) is 29.7 Å². The zero-order valence-electron chi connectivity index (χ0n) is 15.6. The summed E-state index contributed by atoms with van der Waals surface area (Å²) >= 11 is 0. The molecule has 0 fully saturated rings. The van der Waals surface area contributed by atoms with Gasteiger partial charge in [0.2, 0.25) is 0 Å². The molecule has 3 aromatic carbocycles. The second kappa shape index (κ2) is 9.58. The maximum absolute atomic E-state index is 12.3. The topological polar surface area (TPSA) is 35.5 Å². The lowest BCUT2D eigenvalue weighted by atomic mass is 10.1. The number of hydrogen-bond donors (Lipinski definition) is 0. The first-order valence-electron chi connectivity index (χ1n) is 9.37. The van der Waals surface area contributed by atoms with E-state index in [4.69, 9.17) is 9.47 Å². The largest absolute Gasteiger partial charge is 0.494 e. The summed E-state index contributed by atoms with van der Waals surface area (Å²) in [6.07, 6.45) is 3.37. The average Bonchev–Trinajstić information content (AvgIpc) is 2.73. The van der Waals surface area contributed by atoms with Crippen molar-refractivity contribution in [3.05, 3.63) is 84.4 Å². The minimum Gasteiger partial charge on any atom is -0.494 e. The average molecular weight is 360 g/mol. The fourth-order valence-corrected chi connectivity index (χ4v) is 2.74. The van der Waals surface area contributed by atoms with Crippen LogP contribution in [0.4, 0.5) is 0 Å². The third-order valence-corrected chi connectivity index (χ3v) is 4.28. The number of unbranched alkanes of at least 4 members (excludes halogenated alkanes) is 2. The molecule has 0 aliphatic heterocycles. The summed E-state index contributed by atoms with van der Waals surface area (Å²) in [7, 11) is 0. The Bertz CT molecular complexity index is 837. The molecule has 3 rings (SSSR count). The number of benzene rings is 3. The predicted molar refractivity (Wildman–Crippen MR) is 108 cm³/mol. The van der Waals surface area contributed by atoms with Crippen molar-refractivity contribution in [2.24, 2.45) is 0 Å². The van der Waals surface area contributed by atoms with Crippen LogP contribution in [0.25, 0.3) is 11.1 Å². The van der Waals surface area contributed by atoms with Gasteiger partial charge >= 0.3 is 5.97 Å². The second-order valence-electron chi connectivity index (χ2n) is 6.36. The Balaban J connectivity index is 1.57. The molecule has 0 aliphatic rings. The van der Waals surface area contributed by atoms with E-state index in [0.29, 0.717) is 17.9 Å². The molecule has 0 bridgehead atoms. The normalized spacial score (nSPS) is 10.4. The Morgan fingerprint density at radius 2 is 1.37 bits per heavy atom. The third kappa shape index (κ3) is 5.45. The van der Waals surface area contributed by atoms with Crippen LogP contribution in [-0.4, -0.2) is 12.6 Å². The fraction of sp³-hybridized carbons (Fsp3) is 0.208. The monoisotopic (exact) mass is 360 g/mol. The Labute approximate surface area is 160 Å². The molecule has 0 saturated heterocycles. The van der Waals surface area contributed by atoms with Crippen molar-refractivity contribution < 1.29 is 14.3 Å². The van der Waals surface area contributed by atoms with Crippen LogP contribution in [0.15, 0.2) is 78.9 Å². The molecule has 3 nitrogen and oxygen atoms in total. The van der Waals surface area contributed by atoms with Crippen molar-refractivity contribution in [3.63, 3.8) is 0 Å². The molecule has 0 spiro atoms. The van der Waals surface area contributed by atoms with Gasteiger partial charge in [0, 0.05) is 0 Å². The first kappa shape index (κ1) is 18.7. The number of carbonyl (C=O) groups is 1. The van der Waals surface area contributed by atoms with E-state index in [-0.39, 0.29) is 5.97 Å². The molecule has 0 unspecified atom stereocenters. The first-order chi connectivity index (χ1) is 13.3. The van der Waals surface area contributed by atoms with Crippen LogP contribution in [0.3, 0.4) is 0 Å². The van der Waals surface area contributed by atoms with Crippen molar-refractivity contribution in [2.75, 3.05) is 6.61 Å². The number of esters is 1. The Morgan fingerprint density at radius 3 is 2.04 bits per heavy atom. The van der Waals surface area contributed by atoms with Crippen LogP contribution in [0.5, 0.6) is 11.5 Å². The van der Waals surface area contributed by atoms with Crippen molar-refractivity contribution in [1.29, 1.82) is 0 Å². The molecule has 0 atom stereocenters. The van der Waals surface area contributed by atoms with Crippen molar-refractivity contribution in [3.8, 4) is 22.6 Å². The maximum Gasteiger partial charge on any atom is 0.343 e. The predicted octanol–water partition coefficient (Wildman–Crippen LogP) is 6.14. The van der Waals surface area contributed by atoms with Gasteiger partial charge in [-0.1, -0.05) is 62.2 Å². The number of rotatable bonds is 8. The van der Waals surface area contributed by atoms with E-state index in [2.05, 4.69) is 6.92 Å². The highest BCUT2D eigenvalue weighted by molar-refractivity contribution is 5.91. The van der Waals surface area contributed by atoms with Crippen molar-refractivity contribution >= 4 is 5.97 Å². The first-order valence-corrected chi connectivity index (χ1v) is 9.37. The number of ether oxygens (including phenoxy) is 2. The quantitative estimate of drug-likeness (QED) is 0.275. The molecule has 3 aromatic rings. The Kier molecular flexibility index (Phi) is 6.64. The van der Waals surface area contributed by atoms with Gasteiger partial charge in [-0.15, -0.1) is 0 Å². The van der Waals surface area contributed by atoms with Crippen LogP contribution in [-0.2, 0) is 0 Å². The summed E-state index contributed by atoms with van der Waals surface area (Å²) in [5.41, 5.74) is 2.72. The van der Waals surface area contributed by atoms with E-state index >= 15 is 0 Å². The molecule has 27 heavy (non-hydrogen) atoms. The van der Waals surface area contributed by atoms with Gasteiger partial charge in [0.05, 0.1) is 12.2 Å². The minimum absolute atomic E-state index is 0.375. The van der Waals surface area contributed by atoms with Crippen molar-refractivity contribution in [1.82, 2.24) is 0 Å². The fourth-order valence-electron chi connectivity index (χ4n) is 2.74. The number of hydrogen-bond acceptors (Lipinski definition) is 3. The summed E-state index contributed by atoms with van der Waals surface area (Å²) in [4.78, 5) is 12.3. The van der Waals surface area contributed by atoms with Gasteiger partial charge in [-0.3, -0.25) is 0 Å². The standard InChI is InChI=1S/C24H24O3/c1-2-3-7-18-26-22-14-12-21(13-15-22)24(25)27-23-16-10-20(11-17-23)19-8-5-4-6-9-19/h4-6,8-17H,2-3,7,18H2,1H3. The van der Waals surface area contributed by atoms with Gasteiger partial charge in [-0.05, 0) is 53.9 Å². The summed E-state index contributed by atoms with van der Waals surface area (Å²) < 4.78 is 11.1. The van der Waals surface area contributed by atoms with Gasteiger partial charge in [0.25, 0.3) is 0 Å². The molecule has 3 heteroatoms. The zero-order chi connectivity index (χ0) is 18.9. The highest BCUT2D eigenvalue weighted by atomic mass is 16.5. The van der Waals surface area contributed by atoms with Gasteiger partial charge < -0.3 is 9.47 Å². The van der Waals surface area contributed by atoms with Gasteiger partial charge in [-0.2, -0.15) is 0 Å². The van der Waals surface area contributed by atoms with Gasteiger partial charge in [0.1, 0.15) is 11.5 Å². The van der Waals surface area contributed by atoms with Crippen LogP contribution >= 0.6 is 0 Å². The summed E-state index contributed by atoms with van der Waals surface area (Å²) in [6.45, 7) is 2.86. The van der Waals surface area contributed by atoms with Gasteiger partial charge in [0.15, 0.2) is 0 Å². The van der Waals surface area contributed by atoms with E-state index < -0.39 is 0 Å². The lowest BCUT2D eigenvalue weighted by molar-refractivity contribution is 0.0734. The molecule has 0 heterocycles. The lowest BCUT2D eigenvalue weighted by Crippen LogP contribution is -2.08. The molecule has 0 amide bonds. The smallest absolute Gasteiger partial charge is 0.343 e. The highest BCUT2D eigenvalue weighted by Crippen LogP contribution is 2.23. The SMILES string of the molecule is CCCCCOc1ccc(C(=O)Oc2ccc(-c3ccccc3)cc2)cc1. The zero-order valence-corrected chi connectivity index (χ0v) is 15.6. The molecule has 138 valence electrons. The van der Waals surface area contributed by atoms with Crippen molar-refractivity contribution in [2.45, 2.75) is 26.2 Å². The molecule has 0 saturated carbocycles. The third-order valence-electron chi connectivity index (χ3n) is 4.28. The molecular formula is C24H24O3. The van der Waals surface area contributed by atoms with Crippen LogP contribution < -0.4 is 9.47 Å². The molecule has 0 aliphatic carbocycles. The maximum atomic E-state index is 12.3. The Morgan fingerprint density at radius 1 is 0.741 bits per heavy atom. The van der Waals surface area contributed by atoms with Crippen LogP contribution in [0.1, 0.15) is 36.5 Å². The van der Waals surface area contributed by atoms with E-state index in [9.17, 15) is 4.79 Å². The van der Waals surface area contributed by atoms with E-state index in [1.54, 1.807) is 24.3 Å². The second-order valence-corrected chi connectivity index (χ2v) is 6.36. The Hall–Kier alpha value is -3.07. The highest BCUT2D eigenvalue weighted by Gasteiger charge is 2.09. The van der Waals surface area contributed by atoms with Crippen LogP contribution in [0, 0.1) is 0 Å². The summed E-state index contributed by atoms with van der Waals surface area (Å²) in [6, 6.07) is 24.7. The molecule has 0 aromatic heterocycles. The molecule has 0 radical (unpaired) electrons.